The van der Waals surface area contributed by atoms with Gasteiger partial charge in [-0.25, -0.2) is 0 Å². The summed E-state index contributed by atoms with van der Waals surface area (Å²) in [7, 11) is 1.74. The van der Waals surface area contributed by atoms with Crippen molar-refractivity contribution in [2.24, 2.45) is 0 Å². The Morgan fingerprint density at radius 3 is 2.44 bits per heavy atom. The number of hydrogen-bond acceptors (Lipinski definition) is 5. The number of carbonyl (C=O) groups excluding carboxylic acids is 3. The minimum Gasteiger partial charge on any atom is -0.492 e. The highest BCUT2D eigenvalue weighted by atomic mass is 32.2. The Kier molecular flexibility index (Phi) is 6.13. The molecule has 1 N–H and O–H groups in total. The van der Waals surface area contributed by atoms with Gasteiger partial charge in [0, 0.05) is 12.6 Å². The SMILES string of the molecule is CN(CCOc1ccc(CC2SC(=O)NC2=O)cc1)C(=O)c1ccccc1. The van der Waals surface area contributed by atoms with Gasteiger partial charge in [0.05, 0.1) is 11.8 Å². The molecule has 2 aromatic rings. The van der Waals surface area contributed by atoms with Crippen LogP contribution < -0.4 is 10.1 Å². The Bertz CT molecular complexity index is 824. The molecular formula is C20H20N2O4S. The molecule has 1 aliphatic rings. The molecule has 3 rings (SSSR count). The summed E-state index contributed by atoms with van der Waals surface area (Å²) in [5, 5.41) is 1.62. The standard InChI is InChI=1S/C20H20N2O4S/c1-22(19(24)15-5-3-2-4-6-15)11-12-26-16-9-7-14(8-10-16)13-17-18(23)21-20(25)27-17/h2-10,17H,11-13H2,1H3,(H,21,23,25). The first-order chi connectivity index (χ1) is 13.0. The predicted molar refractivity (Wildman–Crippen MR) is 104 cm³/mol. The van der Waals surface area contributed by atoms with E-state index in [1.54, 1.807) is 24.1 Å². The summed E-state index contributed by atoms with van der Waals surface area (Å²) in [6, 6.07) is 16.5. The molecule has 0 aromatic heterocycles. The molecule has 0 bridgehead atoms. The number of likely N-dealkylation sites (N-methyl/N-ethyl adjacent to an activating group) is 1. The van der Waals surface area contributed by atoms with Gasteiger partial charge in [-0.05, 0) is 36.2 Å². The Hall–Kier alpha value is -2.80. The summed E-state index contributed by atoms with van der Waals surface area (Å²) in [5.41, 5.74) is 1.61. The van der Waals surface area contributed by atoms with Gasteiger partial charge in [0.15, 0.2) is 0 Å². The van der Waals surface area contributed by atoms with Gasteiger partial charge >= 0.3 is 0 Å². The van der Waals surface area contributed by atoms with Crippen molar-refractivity contribution in [3.8, 4) is 5.75 Å². The number of hydrogen-bond donors (Lipinski definition) is 1. The van der Waals surface area contributed by atoms with E-state index in [1.807, 2.05) is 42.5 Å². The summed E-state index contributed by atoms with van der Waals surface area (Å²) >= 11 is 1.02. The lowest BCUT2D eigenvalue weighted by Gasteiger charge is -2.17. The molecule has 3 amide bonds. The number of nitrogens with zero attached hydrogens (tertiary/aromatic N) is 1. The number of rotatable bonds is 7. The average Bonchev–Trinajstić information content (AvgIpc) is 3.00. The van der Waals surface area contributed by atoms with Crippen LogP contribution in [0.1, 0.15) is 15.9 Å². The first kappa shape index (κ1) is 19.0. The number of ether oxygens (including phenoxy) is 1. The van der Waals surface area contributed by atoms with Gasteiger partial charge in [0.1, 0.15) is 12.4 Å². The molecule has 1 heterocycles. The molecule has 6 nitrogen and oxygen atoms in total. The molecule has 1 atom stereocenters. The smallest absolute Gasteiger partial charge is 0.286 e. The topological polar surface area (TPSA) is 75.7 Å². The number of imide groups is 1. The fraction of sp³-hybridized carbons (Fsp3) is 0.250. The molecule has 140 valence electrons. The second kappa shape index (κ2) is 8.73. The van der Waals surface area contributed by atoms with Crippen molar-refractivity contribution >= 4 is 28.8 Å². The van der Waals surface area contributed by atoms with Crippen molar-refractivity contribution in [2.45, 2.75) is 11.7 Å². The number of carbonyl (C=O) groups is 3. The van der Waals surface area contributed by atoms with Gasteiger partial charge in [0.2, 0.25) is 5.91 Å². The van der Waals surface area contributed by atoms with Crippen molar-refractivity contribution in [3.05, 3.63) is 65.7 Å². The third kappa shape index (κ3) is 5.10. The maximum absolute atomic E-state index is 12.3. The van der Waals surface area contributed by atoms with Crippen molar-refractivity contribution in [2.75, 3.05) is 20.2 Å². The van der Waals surface area contributed by atoms with Crippen molar-refractivity contribution in [1.29, 1.82) is 0 Å². The zero-order valence-electron chi connectivity index (χ0n) is 14.9. The molecule has 1 aliphatic heterocycles. The zero-order valence-corrected chi connectivity index (χ0v) is 15.7. The van der Waals surface area contributed by atoms with E-state index in [9.17, 15) is 14.4 Å². The summed E-state index contributed by atoms with van der Waals surface area (Å²) in [4.78, 5) is 36.7. The van der Waals surface area contributed by atoms with Crippen LogP contribution in [0.5, 0.6) is 5.75 Å². The summed E-state index contributed by atoms with van der Waals surface area (Å²) in [6.07, 6.45) is 0.497. The van der Waals surface area contributed by atoms with Crippen LogP contribution in [0.2, 0.25) is 0 Å². The lowest BCUT2D eigenvalue weighted by atomic mass is 10.1. The second-order valence-electron chi connectivity index (χ2n) is 6.17. The zero-order chi connectivity index (χ0) is 19.2. The highest BCUT2D eigenvalue weighted by molar-refractivity contribution is 8.15. The monoisotopic (exact) mass is 384 g/mol. The quantitative estimate of drug-likeness (QED) is 0.794. The number of benzene rings is 2. The molecule has 0 spiro atoms. The molecule has 2 aromatic carbocycles. The fourth-order valence-electron chi connectivity index (χ4n) is 2.67. The van der Waals surface area contributed by atoms with E-state index in [-0.39, 0.29) is 22.3 Å². The van der Waals surface area contributed by atoms with E-state index in [0.717, 1.165) is 17.3 Å². The first-order valence-corrected chi connectivity index (χ1v) is 9.44. The van der Waals surface area contributed by atoms with E-state index < -0.39 is 0 Å². The first-order valence-electron chi connectivity index (χ1n) is 8.56. The van der Waals surface area contributed by atoms with E-state index in [2.05, 4.69) is 5.32 Å². The number of thioether (sulfide) groups is 1. The van der Waals surface area contributed by atoms with Crippen LogP contribution in [0.15, 0.2) is 54.6 Å². The lowest BCUT2D eigenvalue weighted by molar-refractivity contribution is -0.118. The molecule has 0 saturated carbocycles. The maximum Gasteiger partial charge on any atom is 0.286 e. The Balaban J connectivity index is 1.45. The average molecular weight is 384 g/mol. The number of amides is 3. The molecule has 1 saturated heterocycles. The third-order valence-electron chi connectivity index (χ3n) is 4.17. The van der Waals surface area contributed by atoms with Crippen LogP contribution in [-0.4, -0.2) is 47.4 Å². The number of nitrogens with one attached hydrogen (secondary N) is 1. The van der Waals surface area contributed by atoms with Crippen LogP contribution in [0.4, 0.5) is 4.79 Å². The van der Waals surface area contributed by atoms with E-state index in [4.69, 9.17) is 4.74 Å². The molecule has 0 radical (unpaired) electrons. The predicted octanol–water partition coefficient (Wildman–Crippen LogP) is 2.73. The second-order valence-corrected chi connectivity index (χ2v) is 7.35. The molecule has 1 unspecified atom stereocenters. The van der Waals surface area contributed by atoms with Crippen LogP contribution in [0.25, 0.3) is 0 Å². The van der Waals surface area contributed by atoms with Gasteiger partial charge in [0.25, 0.3) is 11.1 Å². The summed E-state index contributed by atoms with van der Waals surface area (Å²) in [5.74, 6) is 0.409. The van der Waals surface area contributed by atoms with Crippen molar-refractivity contribution in [1.82, 2.24) is 10.2 Å². The van der Waals surface area contributed by atoms with E-state index in [1.165, 1.54) is 0 Å². The molecule has 0 aliphatic carbocycles. The van der Waals surface area contributed by atoms with Gasteiger partial charge in [-0.3, -0.25) is 19.7 Å². The fourth-order valence-corrected chi connectivity index (χ4v) is 3.53. The van der Waals surface area contributed by atoms with E-state index >= 15 is 0 Å². The normalized spacial score (nSPS) is 16.1. The van der Waals surface area contributed by atoms with Crippen molar-refractivity contribution in [3.63, 3.8) is 0 Å². The molecule has 7 heteroatoms. The van der Waals surface area contributed by atoms with Crippen LogP contribution in [-0.2, 0) is 11.2 Å². The summed E-state index contributed by atoms with van der Waals surface area (Å²) < 4.78 is 5.69. The lowest BCUT2D eigenvalue weighted by Crippen LogP contribution is -2.30. The van der Waals surface area contributed by atoms with Crippen LogP contribution >= 0.6 is 11.8 Å². The Morgan fingerprint density at radius 2 is 1.81 bits per heavy atom. The Labute approximate surface area is 161 Å². The van der Waals surface area contributed by atoms with Crippen LogP contribution in [0.3, 0.4) is 0 Å². The third-order valence-corrected chi connectivity index (χ3v) is 5.16. The van der Waals surface area contributed by atoms with Crippen molar-refractivity contribution < 1.29 is 19.1 Å². The molecular weight excluding hydrogens is 364 g/mol. The van der Waals surface area contributed by atoms with Gasteiger partial charge in [-0.15, -0.1) is 0 Å². The van der Waals surface area contributed by atoms with Gasteiger partial charge in [-0.1, -0.05) is 42.1 Å². The molecule has 27 heavy (non-hydrogen) atoms. The minimum atomic E-state index is -0.373. The van der Waals surface area contributed by atoms with Gasteiger partial charge < -0.3 is 9.64 Å². The maximum atomic E-state index is 12.3. The summed E-state index contributed by atoms with van der Waals surface area (Å²) in [6.45, 7) is 0.848. The molecule has 1 fully saturated rings. The van der Waals surface area contributed by atoms with E-state index in [0.29, 0.717) is 30.9 Å². The van der Waals surface area contributed by atoms with Crippen LogP contribution in [0, 0.1) is 0 Å². The highest BCUT2D eigenvalue weighted by Crippen LogP contribution is 2.23. The minimum absolute atomic E-state index is 0.0450. The van der Waals surface area contributed by atoms with Gasteiger partial charge in [-0.2, -0.15) is 0 Å². The largest absolute Gasteiger partial charge is 0.492 e. The highest BCUT2D eigenvalue weighted by Gasteiger charge is 2.31. The Morgan fingerprint density at radius 1 is 1.11 bits per heavy atom.